The van der Waals surface area contributed by atoms with Crippen LogP contribution in [0.15, 0.2) is 27.9 Å². The Hall–Kier alpha value is -2.23. The van der Waals surface area contributed by atoms with Crippen molar-refractivity contribution in [3.8, 4) is 0 Å². The van der Waals surface area contributed by atoms with Crippen LogP contribution >= 0.6 is 0 Å². The zero-order valence-corrected chi connectivity index (χ0v) is 14.5. The Bertz CT molecular complexity index is 739. The van der Waals surface area contributed by atoms with Crippen molar-refractivity contribution in [2.45, 2.75) is 44.4 Å². The normalized spacial score (nSPS) is 19.0. The molecule has 0 aliphatic carbocycles. The van der Waals surface area contributed by atoms with E-state index >= 15 is 0 Å². The van der Waals surface area contributed by atoms with Crippen molar-refractivity contribution in [1.29, 1.82) is 0 Å². The lowest BCUT2D eigenvalue weighted by Gasteiger charge is -2.15. The minimum Gasteiger partial charge on any atom is -0.396 e. The molecule has 144 valence electrons. The van der Waals surface area contributed by atoms with Gasteiger partial charge in [0.25, 0.3) is 5.56 Å². The minimum absolute atomic E-state index is 0.147. The second kappa shape index (κ2) is 10.0. The highest BCUT2D eigenvalue weighted by Gasteiger charge is 2.22. The van der Waals surface area contributed by atoms with Gasteiger partial charge in [0.2, 0.25) is 5.91 Å². The molecule has 4 N–H and O–H groups in total. The van der Waals surface area contributed by atoms with E-state index in [-0.39, 0.29) is 31.1 Å². The van der Waals surface area contributed by atoms with Crippen molar-refractivity contribution in [3.05, 3.63) is 44.8 Å². The molecule has 2 heterocycles. The Morgan fingerprint density at radius 2 is 1.96 bits per heavy atom. The molecule has 1 aromatic rings. The van der Waals surface area contributed by atoms with Crippen LogP contribution in [-0.4, -0.2) is 51.5 Å². The molecule has 9 nitrogen and oxygen atoms in total. The SMILES string of the molecule is O=C(Cc1cn([C@@H]2C=C[C@H](CO)O2)c(=O)[nH]c1=O)NCCCCCCO. The molecule has 1 aliphatic rings. The molecule has 1 aromatic heterocycles. The van der Waals surface area contributed by atoms with E-state index in [1.165, 1.54) is 10.8 Å². The molecule has 0 saturated heterocycles. The van der Waals surface area contributed by atoms with Gasteiger partial charge in [-0.05, 0) is 18.9 Å². The van der Waals surface area contributed by atoms with Gasteiger partial charge in [-0.1, -0.05) is 18.9 Å². The number of aromatic nitrogens is 2. The summed E-state index contributed by atoms with van der Waals surface area (Å²) in [6.07, 6.45) is 6.53. The smallest absolute Gasteiger partial charge is 0.330 e. The monoisotopic (exact) mass is 367 g/mol. The second-order valence-corrected chi connectivity index (χ2v) is 6.12. The summed E-state index contributed by atoms with van der Waals surface area (Å²) in [7, 11) is 0. The molecule has 9 heteroatoms. The number of carbonyl (C=O) groups excluding carboxylic acids is 1. The van der Waals surface area contributed by atoms with Gasteiger partial charge in [0.1, 0.15) is 6.10 Å². The maximum absolute atomic E-state index is 12.0. The molecular weight excluding hydrogens is 342 g/mol. The Morgan fingerprint density at radius 1 is 1.19 bits per heavy atom. The van der Waals surface area contributed by atoms with E-state index in [1.807, 2.05) is 0 Å². The van der Waals surface area contributed by atoms with Gasteiger partial charge in [-0.3, -0.25) is 19.1 Å². The van der Waals surface area contributed by atoms with Gasteiger partial charge in [-0.15, -0.1) is 0 Å². The molecule has 26 heavy (non-hydrogen) atoms. The largest absolute Gasteiger partial charge is 0.396 e. The number of nitrogens with one attached hydrogen (secondary N) is 2. The maximum atomic E-state index is 12.0. The summed E-state index contributed by atoms with van der Waals surface area (Å²) < 4.78 is 6.64. The fourth-order valence-corrected chi connectivity index (χ4v) is 2.65. The van der Waals surface area contributed by atoms with Crippen molar-refractivity contribution >= 4 is 5.91 Å². The Balaban J connectivity index is 1.94. The summed E-state index contributed by atoms with van der Waals surface area (Å²) in [5.74, 6) is -0.307. The maximum Gasteiger partial charge on any atom is 0.330 e. The highest BCUT2D eigenvalue weighted by atomic mass is 16.5. The standard InChI is InChI=1S/C17H25N3O6/c21-8-4-2-1-3-7-18-14(23)9-12-10-20(17(25)19-16(12)24)15-6-5-13(11-22)26-15/h5-6,10,13,15,21-22H,1-4,7-9,11H2,(H,18,23)(H,19,24,25)/t13-,15+/m1/s1. The van der Waals surface area contributed by atoms with Gasteiger partial charge in [-0.25, -0.2) is 4.79 Å². The molecule has 0 aromatic carbocycles. The average Bonchev–Trinajstić information content (AvgIpc) is 3.09. The number of aliphatic hydroxyl groups is 2. The lowest BCUT2D eigenvalue weighted by Crippen LogP contribution is -2.36. The van der Waals surface area contributed by atoms with E-state index in [1.54, 1.807) is 12.2 Å². The van der Waals surface area contributed by atoms with Crippen LogP contribution in [-0.2, 0) is 16.0 Å². The van der Waals surface area contributed by atoms with Crippen molar-refractivity contribution in [2.75, 3.05) is 19.8 Å². The highest BCUT2D eigenvalue weighted by molar-refractivity contribution is 5.78. The number of hydrogen-bond donors (Lipinski definition) is 4. The molecule has 0 radical (unpaired) electrons. The summed E-state index contributed by atoms with van der Waals surface area (Å²) in [5, 5.41) is 20.5. The number of aromatic amines is 1. The van der Waals surface area contributed by atoms with E-state index in [0.717, 1.165) is 25.7 Å². The van der Waals surface area contributed by atoms with Gasteiger partial charge < -0.3 is 20.3 Å². The number of aliphatic hydroxyl groups excluding tert-OH is 2. The first-order valence-electron chi connectivity index (χ1n) is 8.71. The molecule has 1 amide bonds. The van der Waals surface area contributed by atoms with Crippen LogP contribution in [0.3, 0.4) is 0 Å². The number of unbranched alkanes of at least 4 members (excludes halogenated alkanes) is 3. The summed E-state index contributed by atoms with van der Waals surface area (Å²) in [6, 6.07) is 0. The van der Waals surface area contributed by atoms with E-state index in [4.69, 9.17) is 14.9 Å². The number of carbonyl (C=O) groups is 1. The third-order valence-electron chi connectivity index (χ3n) is 4.06. The van der Waals surface area contributed by atoms with Crippen molar-refractivity contribution in [3.63, 3.8) is 0 Å². The third kappa shape index (κ3) is 5.65. The van der Waals surface area contributed by atoms with E-state index in [0.29, 0.717) is 6.54 Å². The van der Waals surface area contributed by atoms with Crippen LogP contribution < -0.4 is 16.6 Å². The third-order valence-corrected chi connectivity index (χ3v) is 4.06. The van der Waals surface area contributed by atoms with Crippen LogP contribution in [0.4, 0.5) is 0 Å². The molecule has 0 spiro atoms. The molecule has 1 aliphatic heterocycles. The highest BCUT2D eigenvalue weighted by Crippen LogP contribution is 2.19. The van der Waals surface area contributed by atoms with E-state index < -0.39 is 23.6 Å². The summed E-state index contributed by atoms with van der Waals surface area (Å²) >= 11 is 0. The molecule has 0 bridgehead atoms. The van der Waals surface area contributed by atoms with E-state index in [9.17, 15) is 14.4 Å². The minimum atomic E-state index is -0.732. The predicted octanol–water partition coefficient (Wildman–Crippen LogP) is -0.806. The fraction of sp³-hybridized carbons (Fsp3) is 0.588. The van der Waals surface area contributed by atoms with E-state index in [2.05, 4.69) is 10.3 Å². The van der Waals surface area contributed by atoms with Crippen LogP contribution in [0.25, 0.3) is 0 Å². The van der Waals surface area contributed by atoms with Crippen LogP contribution in [0.2, 0.25) is 0 Å². The summed E-state index contributed by atoms with van der Waals surface area (Å²) in [6.45, 7) is 0.455. The van der Waals surface area contributed by atoms with Gasteiger partial charge in [0, 0.05) is 24.9 Å². The van der Waals surface area contributed by atoms with Crippen molar-refractivity contribution in [2.24, 2.45) is 0 Å². The first-order valence-corrected chi connectivity index (χ1v) is 8.71. The number of ether oxygens (including phenoxy) is 1. The number of amides is 1. The van der Waals surface area contributed by atoms with Gasteiger partial charge in [0.15, 0.2) is 6.23 Å². The summed E-state index contributed by atoms with van der Waals surface area (Å²) in [5.41, 5.74) is -1.09. The van der Waals surface area contributed by atoms with Crippen LogP contribution in [0.5, 0.6) is 0 Å². The Morgan fingerprint density at radius 3 is 2.65 bits per heavy atom. The average molecular weight is 367 g/mol. The molecule has 2 rings (SSSR count). The first-order chi connectivity index (χ1) is 12.5. The number of nitrogens with zero attached hydrogens (tertiary/aromatic N) is 1. The first kappa shape index (κ1) is 20.1. The number of H-pyrrole nitrogens is 1. The van der Waals surface area contributed by atoms with Gasteiger partial charge in [-0.2, -0.15) is 0 Å². The Kier molecular flexibility index (Phi) is 7.76. The molecular formula is C17H25N3O6. The zero-order valence-electron chi connectivity index (χ0n) is 14.5. The van der Waals surface area contributed by atoms with Crippen LogP contribution in [0.1, 0.15) is 37.5 Å². The molecule has 2 atom stereocenters. The van der Waals surface area contributed by atoms with Crippen molar-refractivity contribution in [1.82, 2.24) is 14.9 Å². The lowest BCUT2D eigenvalue weighted by molar-refractivity contribution is -0.120. The number of rotatable bonds is 10. The zero-order chi connectivity index (χ0) is 18.9. The lowest BCUT2D eigenvalue weighted by atomic mass is 10.2. The van der Waals surface area contributed by atoms with Gasteiger partial charge >= 0.3 is 5.69 Å². The Labute approximate surface area is 150 Å². The predicted molar refractivity (Wildman–Crippen MR) is 93.7 cm³/mol. The summed E-state index contributed by atoms with van der Waals surface area (Å²) in [4.78, 5) is 38.1. The second-order valence-electron chi connectivity index (χ2n) is 6.12. The quantitative estimate of drug-likeness (QED) is 0.316. The molecule has 0 fully saturated rings. The van der Waals surface area contributed by atoms with Gasteiger partial charge in [0.05, 0.1) is 13.0 Å². The fourth-order valence-electron chi connectivity index (χ4n) is 2.65. The molecule has 0 saturated carbocycles. The molecule has 0 unspecified atom stereocenters. The topological polar surface area (TPSA) is 134 Å². The van der Waals surface area contributed by atoms with Crippen LogP contribution in [0, 0.1) is 0 Å². The van der Waals surface area contributed by atoms with Crippen molar-refractivity contribution < 1.29 is 19.7 Å². The number of hydrogen-bond acceptors (Lipinski definition) is 6.